The van der Waals surface area contributed by atoms with Crippen molar-refractivity contribution in [2.24, 2.45) is 13.0 Å². The molecule has 8 heteroatoms. The molecular weight excluding hydrogens is 384 g/mol. The highest BCUT2D eigenvalue weighted by atomic mass is 16.5. The second-order valence-electron chi connectivity index (χ2n) is 7.97. The van der Waals surface area contributed by atoms with Crippen LogP contribution >= 0.6 is 0 Å². The van der Waals surface area contributed by atoms with Crippen LogP contribution in [0.4, 0.5) is 0 Å². The molecule has 3 heterocycles. The maximum Gasteiger partial charge on any atom is 0.329 e. The lowest BCUT2D eigenvalue weighted by Gasteiger charge is -2.28. The summed E-state index contributed by atoms with van der Waals surface area (Å²) in [5, 5.41) is 5.67. The lowest BCUT2D eigenvalue weighted by atomic mass is 9.98. The van der Waals surface area contributed by atoms with Gasteiger partial charge in [0.1, 0.15) is 12.6 Å². The SMILES string of the molecule is C[C@H]1CNCC[C@@H]1OCC#Cc1cccc2c1n(C)c(=O)n2C1CCC(=O)NC1=O. The van der Waals surface area contributed by atoms with E-state index in [0.717, 1.165) is 19.5 Å². The Morgan fingerprint density at radius 3 is 2.83 bits per heavy atom. The van der Waals surface area contributed by atoms with Crippen LogP contribution in [-0.2, 0) is 21.4 Å². The zero-order valence-electron chi connectivity index (χ0n) is 17.2. The first kappa shape index (κ1) is 20.4. The lowest BCUT2D eigenvalue weighted by molar-refractivity contribution is -0.135. The molecule has 1 aromatic carbocycles. The van der Waals surface area contributed by atoms with Crippen molar-refractivity contribution in [3.05, 3.63) is 34.2 Å². The average Bonchev–Trinajstić information content (AvgIpc) is 2.98. The number of imidazole rings is 1. The zero-order chi connectivity index (χ0) is 21.3. The predicted molar refractivity (Wildman–Crippen MR) is 112 cm³/mol. The highest BCUT2D eigenvalue weighted by Crippen LogP contribution is 2.24. The summed E-state index contributed by atoms with van der Waals surface area (Å²) in [6, 6.07) is 4.78. The molecule has 3 atom stereocenters. The molecule has 1 unspecified atom stereocenters. The number of aryl methyl sites for hydroxylation is 1. The normalized spacial score (nSPS) is 24.4. The third kappa shape index (κ3) is 3.78. The van der Waals surface area contributed by atoms with E-state index in [1.807, 2.05) is 12.1 Å². The summed E-state index contributed by atoms with van der Waals surface area (Å²) in [6.07, 6.45) is 1.70. The Balaban J connectivity index is 1.61. The van der Waals surface area contributed by atoms with E-state index in [1.54, 1.807) is 13.1 Å². The third-order valence-electron chi connectivity index (χ3n) is 5.92. The molecule has 0 saturated carbocycles. The molecule has 2 saturated heterocycles. The van der Waals surface area contributed by atoms with Gasteiger partial charge >= 0.3 is 5.69 Å². The van der Waals surface area contributed by atoms with Crippen molar-refractivity contribution >= 4 is 22.8 Å². The molecule has 0 aliphatic carbocycles. The van der Waals surface area contributed by atoms with Crippen molar-refractivity contribution in [1.82, 2.24) is 19.8 Å². The minimum Gasteiger partial charge on any atom is -0.365 e. The van der Waals surface area contributed by atoms with Gasteiger partial charge in [0.2, 0.25) is 11.8 Å². The molecule has 2 fully saturated rings. The van der Waals surface area contributed by atoms with E-state index in [-0.39, 0.29) is 24.1 Å². The summed E-state index contributed by atoms with van der Waals surface area (Å²) in [5.74, 6) is 5.90. The molecule has 1 aromatic heterocycles. The van der Waals surface area contributed by atoms with Crippen LogP contribution in [0.3, 0.4) is 0 Å². The van der Waals surface area contributed by atoms with Crippen molar-refractivity contribution in [1.29, 1.82) is 0 Å². The van der Waals surface area contributed by atoms with E-state index in [1.165, 1.54) is 9.13 Å². The molecular formula is C22H26N4O4. The summed E-state index contributed by atoms with van der Waals surface area (Å²) in [6.45, 7) is 4.40. The van der Waals surface area contributed by atoms with Crippen LogP contribution in [0.1, 0.15) is 37.8 Å². The van der Waals surface area contributed by atoms with Gasteiger partial charge in [0, 0.05) is 20.0 Å². The fourth-order valence-corrected chi connectivity index (χ4v) is 4.29. The van der Waals surface area contributed by atoms with Crippen molar-refractivity contribution in [2.45, 2.75) is 38.3 Å². The number of piperidine rings is 2. The highest BCUT2D eigenvalue weighted by Gasteiger charge is 2.31. The van der Waals surface area contributed by atoms with Gasteiger partial charge in [-0.25, -0.2) is 4.79 Å². The summed E-state index contributed by atoms with van der Waals surface area (Å²) >= 11 is 0. The van der Waals surface area contributed by atoms with E-state index >= 15 is 0 Å². The van der Waals surface area contributed by atoms with Gasteiger partial charge in [-0.05, 0) is 37.4 Å². The number of aromatic nitrogens is 2. The summed E-state index contributed by atoms with van der Waals surface area (Å²) in [5.41, 5.74) is 1.72. The fraction of sp³-hybridized carbons (Fsp3) is 0.500. The Bertz CT molecular complexity index is 1100. The van der Waals surface area contributed by atoms with E-state index < -0.39 is 11.9 Å². The zero-order valence-corrected chi connectivity index (χ0v) is 17.2. The van der Waals surface area contributed by atoms with Crippen LogP contribution in [0.15, 0.2) is 23.0 Å². The molecule has 158 valence electrons. The minimum atomic E-state index is -0.702. The number of hydrogen-bond donors (Lipinski definition) is 2. The number of nitrogens with one attached hydrogen (secondary N) is 2. The van der Waals surface area contributed by atoms with Gasteiger partial charge in [-0.2, -0.15) is 0 Å². The van der Waals surface area contributed by atoms with E-state index in [9.17, 15) is 14.4 Å². The Morgan fingerprint density at radius 1 is 1.23 bits per heavy atom. The first-order valence-corrected chi connectivity index (χ1v) is 10.3. The molecule has 2 aliphatic rings. The van der Waals surface area contributed by atoms with Crippen LogP contribution in [0.2, 0.25) is 0 Å². The number of imide groups is 1. The van der Waals surface area contributed by atoms with E-state index in [2.05, 4.69) is 29.4 Å². The number of carbonyl (C=O) groups is 2. The molecule has 2 N–H and O–H groups in total. The van der Waals surface area contributed by atoms with Gasteiger partial charge in [0.15, 0.2) is 0 Å². The second kappa shape index (κ2) is 8.46. The van der Waals surface area contributed by atoms with Gasteiger partial charge in [-0.15, -0.1) is 0 Å². The van der Waals surface area contributed by atoms with E-state index in [0.29, 0.717) is 35.5 Å². The first-order chi connectivity index (χ1) is 14.5. The first-order valence-electron chi connectivity index (χ1n) is 10.3. The number of carbonyl (C=O) groups excluding carboxylic acids is 2. The second-order valence-corrected chi connectivity index (χ2v) is 7.97. The maximum atomic E-state index is 12.9. The molecule has 4 rings (SSSR count). The smallest absolute Gasteiger partial charge is 0.329 e. The van der Waals surface area contributed by atoms with Gasteiger partial charge < -0.3 is 10.1 Å². The van der Waals surface area contributed by atoms with Crippen LogP contribution in [0.25, 0.3) is 11.0 Å². The van der Waals surface area contributed by atoms with Crippen LogP contribution in [-0.4, -0.2) is 46.7 Å². The Labute approximate surface area is 174 Å². The number of nitrogens with zero attached hydrogens (tertiary/aromatic N) is 2. The van der Waals surface area contributed by atoms with Gasteiger partial charge in [-0.1, -0.05) is 24.8 Å². The van der Waals surface area contributed by atoms with Crippen LogP contribution in [0, 0.1) is 17.8 Å². The van der Waals surface area contributed by atoms with Gasteiger partial charge in [0.05, 0.1) is 22.7 Å². The van der Waals surface area contributed by atoms with Crippen molar-refractivity contribution in [3.63, 3.8) is 0 Å². The fourth-order valence-electron chi connectivity index (χ4n) is 4.29. The van der Waals surface area contributed by atoms with Crippen molar-refractivity contribution in [2.75, 3.05) is 19.7 Å². The number of hydrogen-bond acceptors (Lipinski definition) is 5. The quantitative estimate of drug-likeness (QED) is 0.573. The number of fused-ring (bicyclic) bond motifs is 1. The maximum absolute atomic E-state index is 12.9. The summed E-state index contributed by atoms with van der Waals surface area (Å²) in [4.78, 5) is 36.7. The summed E-state index contributed by atoms with van der Waals surface area (Å²) in [7, 11) is 1.67. The Hall–Kier alpha value is -2.89. The van der Waals surface area contributed by atoms with Crippen molar-refractivity contribution < 1.29 is 14.3 Å². The van der Waals surface area contributed by atoms with Gasteiger partial charge in [-0.3, -0.25) is 24.0 Å². The summed E-state index contributed by atoms with van der Waals surface area (Å²) < 4.78 is 8.92. The molecule has 2 aromatic rings. The van der Waals surface area contributed by atoms with Crippen LogP contribution in [0.5, 0.6) is 0 Å². The predicted octanol–water partition coefficient (Wildman–Crippen LogP) is 0.684. The standard InChI is InChI=1S/C22H26N4O4/c1-14-13-23-11-10-18(14)30-12-4-6-15-5-3-7-16-20(15)25(2)22(29)26(16)17-8-9-19(27)24-21(17)28/h3,5,7,14,17-18,23H,8-13H2,1-2H3,(H,24,27,28)/t14-,17?,18-/m0/s1. The highest BCUT2D eigenvalue weighted by molar-refractivity contribution is 6.00. The minimum absolute atomic E-state index is 0.203. The molecule has 0 radical (unpaired) electrons. The molecule has 8 nitrogen and oxygen atoms in total. The number of ether oxygens (including phenoxy) is 1. The lowest BCUT2D eigenvalue weighted by Crippen LogP contribution is -2.44. The Kier molecular flexibility index (Phi) is 5.75. The van der Waals surface area contributed by atoms with E-state index in [4.69, 9.17) is 4.74 Å². The molecule has 2 aliphatic heterocycles. The number of rotatable bonds is 3. The monoisotopic (exact) mass is 410 g/mol. The van der Waals surface area contributed by atoms with Crippen molar-refractivity contribution in [3.8, 4) is 11.8 Å². The largest absolute Gasteiger partial charge is 0.365 e. The number of benzene rings is 1. The average molecular weight is 410 g/mol. The third-order valence-corrected chi connectivity index (χ3v) is 5.92. The molecule has 30 heavy (non-hydrogen) atoms. The number of para-hydroxylation sites is 1. The molecule has 2 amide bonds. The molecule has 0 spiro atoms. The number of amides is 2. The molecule has 0 bridgehead atoms. The topological polar surface area (TPSA) is 94.4 Å². The van der Waals surface area contributed by atoms with Crippen LogP contribution < -0.4 is 16.3 Å². The Morgan fingerprint density at radius 2 is 2.07 bits per heavy atom. The van der Waals surface area contributed by atoms with Gasteiger partial charge in [0.25, 0.3) is 0 Å².